The summed E-state index contributed by atoms with van der Waals surface area (Å²) in [5.41, 5.74) is 4.61. The van der Waals surface area contributed by atoms with Crippen LogP contribution in [0.25, 0.3) is 0 Å². The first-order valence-electron chi connectivity index (χ1n) is 2.51. The number of rotatable bonds is 1. The molecule has 0 aromatic carbocycles. The molecule has 2 N–H and O–H groups in total. The van der Waals surface area contributed by atoms with Crippen LogP contribution in [0.4, 0.5) is 0 Å². The summed E-state index contributed by atoms with van der Waals surface area (Å²) in [4.78, 5) is 10.4. The lowest BCUT2D eigenvalue weighted by Gasteiger charge is -1.98. The fourth-order valence-corrected chi connectivity index (χ4v) is 0.996. The van der Waals surface area contributed by atoms with Gasteiger partial charge in [0, 0.05) is 5.38 Å². The highest BCUT2D eigenvalue weighted by Crippen LogP contribution is 2.49. The quantitative estimate of drug-likeness (QED) is 0.520. The van der Waals surface area contributed by atoms with E-state index in [0.717, 1.165) is 6.42 Å². The molecule has 0 spiro atoms. The van der Waals surface area contributed by atoms with Crippen molar-refractivity contribution >= 4 is 17.5 Å². The summed E-state index contributed by atoms with van der Waals surface area (Å²) in [6.07, 6.45) is 0.740. The molecule has 2 nitrogen and oxygen atoms in total. The van der Waals surface area contributed by atoms with Crippen LogP contribution in [0.1, 0.15) is 13.3 Å². The third-order valence-corrected chi connectivity index (χ3v) is 2.33. The van der Waals surface area contributed by atoms with E-state index in [4.69, 9.17) is 17.3 Å². The Morgan fingerprint density at radius 2 is 2.38 bits per heavy atom. The second kappa shape index (κ2) is 1.38. The van der Waals surface area contributed by atoms with E-state index < -0.39 is 0 Å². The first-order chi connectivity index (χ1) is 3.57. The molecule has 0 aromatic heterocycles. The predicted molar refractivity (Wildman–Crippen MR) is 31.6 cm³/mol. The number of hydrogen-bond donors (Lipinski definition) is 1. The molecule has 1 rings (SSSR count). The van der Waals surface area contributed by atoms with E-state index in [1.54, 1.807) is 6.92 Å². The second-order valence-electron chi connectivity index (χ2n) is 2.45. The van der Waals surface area contributed by atoms with E-state index in [1.807, 2.05) is 0 Å². The highest BCUT2D eigenvalue weighted by atomic mass is 35.5. The van der Waals surface area contributed by atoms with E-state index in [-0.39, 0.29) is 16.7 Å². The van der Waals surface area contributed by atoms with Gasteiger partial charge in [0.2, 0.25) is 5.91 Å². The number of carbonyl (C=O) groups excluding carboxylic acids is 1. The zero-order valence-electron chi connectivity index (χ0n) is 4.65. The lowest BCUT2D eigenvalue weighted by Crippen LogP contribution is -2.23. The highest BCUT2D eigenvalue weighted by Gasteiger charge is 2.54. The van der Waals surface area contributed by atoms with Crippen LogP contribution in [0.5, 0.6) is 0 Å². The van der Waals surface area contributed by atoms with Gasteiger partial charge in [0.05, 0.1) is 5.41 Å². The van der Waals surface area contributed by atoms with Gasteiger partial charge in [-0.2, -0.15) is 0 Å². The standard InChI is InChI=1S/C5H8ClNO/c1-5(4(7)8)2-3(5)6/h3H,2H2,1H3,(H2,7,8). The van der Waals surface area contributed by atoms with Crippen molar-refractivity contribution in [3.8, 4) is 0 Å². The SMILES string of the molecule is CC1(C(N)=O)CC1Cl. The maximum absolute atomic E-state index is 10.4. The number of alkyl halides is 1. The van der Waals surface area contributed by atoms with Crippen molar-refractivity contribution in [1.29, 1.82) is 0 Å². The van der Waals surface area contributed by atoms with Crippen molar-refractivity contribution in [3.05, 3.63) is 0 Å². The molecule has 46 valence electrons. The largest absolute Gasteiger partial charge is 0.369 e. The zero-order chi connectivity index (χ0) is 6.36. The summed E-state index contributed by atoms with van der Waals surface area (Å²) in [6.45, 7) is 1.78. The molecule has 0 aliphatic heterocycles. The normalized spacial score (nSPS) is 44.0. The lowest BCUT2D eigenvalue weighted by molar-refractivity contribution is -0.122. The predicted octanol–water partition coefficient (Wildman–Crippen LogP) is 0.489. The molecule has 2 atom stereocenters. The lowest BCUT2D eigenvalue weighted by atomic mass is 10.1. The number of hydrogen-bond acceptors (Lipinski definition) is 1. The van der Waals surface area contributed by atoms with Gasteiger partial charge >= 0.3 is 0 Å². The Morgan fingerprint density at radius 3 is 2.38 bits per heavy atom. The van der Waals surface area contributed by atoms with Gasteiger partial charge in [-0.25, -0.2) is 0 Å². The Labute approximate surface area is 53.0 Å². The smallest absolute Gasteiger partial charge is 0.224 e. The van der Waals surface area contributed by atoms with E-state index in [2.05, 4.69) is 0 Å². The second-order valence-corrected chi connectivity index (χ2v) is 2.98. The fourth-order valence-electron chi connectivity index (χ4n) is 0.568. The van der Waals surface area contributed by atoms with Crippen molar-refractivity contribution in [1.82, 2.24) is 0 Å². The minimum absolute atomic E-state index is 0.0139. The van der Waals surface area contributed by atoms with Crippen LogP contribution in [0.2, 0.25) is 0 Å². The molecule has 0 bridgehead atoms. The number of nitrogens with two attached hydrogens (primary N) is 1. The molecule has 0 aromatic rings. The number of halogens is 1. The molecule has 0 radical (unpaired) electrons. The van der Waals surface area contributed by atoms with Gasteiger partial charge in [-0.05, 0) is 13.3 Å². The van der Waals surface area contributed by atoms with Gasteiger partial charge in [-0.1, -0.05) is 0 Å². The fraction of sp³-hybridized carbons (Fsp3) is 0.800. The Balaban J connectivity index is 2.60. The van der Waals surface area contributed by atoms with Crippen LogP contribution in [0, 0.1) is 5.41 Å². The highest BCUT2D eigenvalue weighted by molar-refractivity contribution is 6.25. The Bertz CT molecular complexity index is 136. The Morgan fingerprint density at radius 1 is 2.00 bits per heavy atom. The minimum atomic E-state index is -0.387. The molecule has 1 aliphatic rings. The Hall–Kier alpha value is -0.240. The first-order valence-corrected chi connectivity index (χ1v) is 2.95. The molecule has 3 heteroatoms. The maximum Gasteiger partial charge on any atom is 0.224 e. The first kappa shape index (κ1) is 5.89. The van der Waals surface area contributed by atoms with E-state index >= 15 is 0 Å². The molecule has 8 heavy (non-hydrogen) atoms. The van der Waals surface area contributed by atoms with Crippen molar-refractivity contribution in [3.63, 3.8) is 0 Å². The zero-order valence-corrected chi connectivity index (χ0v) is 5.40. The van der Waals surface area contributed by atoms with Gasteiger partial charge in [0.15, 0.2) is 0 Å². The van der Waals surface area contributed by atoms with Crippen LogP contribution in [0.15, 0.2) is 0 Å². The topological polar surface area (TPSA) is 43.1 Å². The molecule has 0 heterocycles. The summed E-state index contributed by atoms with van der Waals surface area (Å²) in [6, 6.07) is 0. The summed E-state index contributed by atoms with van der Waals surface area (Å²) >= 11 is 5.59. The average Bonchev–Trinajstić information content (AvgIpc) is 2.17. The van der Waals surface area contributed by atoms with E-state index in [9.17, 15) is 4.79 Å². The third kappa shape index (κ3) is 0.599. The van der Waals surface area contributed by atoms with Crippen molar-refractivity contribution in [2.45, 2.75) is 18.7 Å². The van der Waals surface area contributed by atoms with Crippen LogP contribution in [-0.2, 0) is 4.79 Å². The van der Waals surface area contributed by atoms with Crippen LogP contribution >= 0.6 is 11.6 Å². The molecule has 1 fully saturated rings. The van der Waals surface area contributed by atoms with Gasteiger partial charge < -0.3 is 5.73 Å². The molecule has 1 aliphatic carbocycles. The minimum Gasteiger partial charge on any atom is -0.369 e. The van der Waals surface area contributed by atoms with E-state index in [1.165, 1.54) is 0 Å². The monoisotopic (exact) mass is 133 g/mol. The van der Waals surface area contributed by atoms with E-state index in [0.29, 0.717) is 0 Å². The summed E-state index contributed by atoms with van der Waals surface area (Å²) in [7, 11) is 0. The van der Waals surface area contributed by atoms with Gasteiger partial charge in [-0.15, -0.1) is 11.6 Å². The number of primary amides is 1. The van der Waals surface area contributed by atoms with Crippen LogP contribution in [-0.4, -0.2) is 11.3 Å². The van der Waals surface area contributed by atoms with Crippen molar-refractivity contribution in [2.24, 2.45) is 11.1 Å². The summed E-state index contributed by atoms with van der Waals surface area (Å²) < 4.78 is 0. The molecular formula is C5H8ClNO. The Kier molecular flexibility index (Phi) is 1.01. The van der Waals surface area contributed by atoms with Gasteiger partial charge in [-0.3, -0.25) is 4.79 Å². The summed E-state index contributed by atoms with van der Waals surface area (Å²) in [5.74, 6) is -0.280. The maximum atomic E-state index is 10.4. The third-order valence-electron chi connectivity index (χ3n) is 1.70. The number of carbonyl (C=O) groups is 1. The molecule has 1 amide bonds. The average molecular weight is 134 g/mol. The van der Waals surface area contributed by atoms with Crippen molar-refractivity contribution in [2.75, 3.05) is 0 Å². The molecule has 0 saturated heterocycles. The number of amides is 1. The molecular weight excluding hydrogens is 126 g/mol. The molecule has 1 saturated carbocycles. The summed E-state index contributed by atoms with van der Waals surface area (Å²) in [5, 5.41) is -0.0139. The van der Waals surface area contributed by atoms with Crippen LogP contribution in [0.3, 0.4) is 0 Å². The molecule has 2 unspecified atom stereocenters. The van der Waals surface area contributed by atoms with Crippen molar-refractivity contribution < 1.29 is 4.79 Å². The van der Waals surface area contributed by atoms with Gasteiger partial charge in [0.25, 0.3) is 0 Å². The van der Waals surface area contributed by atoms with Crippen LogP contribution < -0.4 is 5.73 Å². The van der Waals surface area contributed by atoms with Gasteiger partial charge in [0.1, 0.15) is 0 Å².